The molecule has 3 heterocycles. The van der Waals surface area contributed by atoms with Crippen LogP contribution in [0.4, 0.5) is 0 Å². The normalized spacial score (nSPS) is 33.2. The molecule has 3 aliphatic rings. The molecule has 0 aromatic carbocycles. The number of carbonyl (C=O) groups is 1. The van der Waals surface area contributed by atoms with Gasteiger partial charge in [-0.25, -0.2) is 13.4 Å². The maximum Gasteiger partial charge on any atom is 0.227 e. The lowest BCUT2D eigenvalue weighted by atomic mass is 9.74. The highest BCUT2D eigenvalue weighted by Crippen LogP contribution is 2.44. The number of hydrogen-bond acceptors (Lipinski definition) is 8. The number of likely N-dealkylation sites (tertiary alicyclic amines) is 2. The van der Waals surface area contributed by atoms with Gasteiger partial charge in [-0.1, -0.05) is 33.4 Å². The molecule has 10 heteroatoms. The fourth-order valence-electron chi connectivity index (χ4n) is 7.87. The number of nitrogens with two attached hydrogens (primary N) is 1. The number of hydrazine groups is 1. The second-order valence-electron chi connectivity index (χ2n) is 14.2. The number of ether oxygens (including phenoxy) is 1. The van der Waals surface area contributed by atoms with Gasteiger partial charge >= 0.3 is 0 Å². The van der Waals surface area contributed by atoms with Gasteiger partial charge in [-0.2, -0.15) is 0 Å². The SMILES string of the molecule is C=CC1=C(CC)[C@@](C)(N(N)C[C@@H]2CN(C3(C)CCCN(C)CC3)C[C@H](C)[C@@H]2C)C(C)=C([C@H](C)C(=O)NCCOC)CS1(=O)=O. The van der Waals surface area contributed by atoms with E-state index >= 15 is 0 Å². The highest BCUT2D eigenvalue weighted by atomic mass is 32.2. The van der Waals surface area contributed by atoms with Gasteiger partial charge in [0.2, 0.25) is 5.91 Å². The first-order valence-electron chi connectivity index (χ1n) is 16.6. The summed E-state index contributed by atoms with van der Waals surface area (Å²) in [6.45, 7) is 24.5. The van der Waals surface area contributed by atoms with Crippen molar-refractivity contribution in [3.8, 4) is 0 Å². The molecule has 0 radical (unpaired) electrons. The van der Waals surface area contributed by atoms with Crippen molar-refractivity contribution in [2.75, 3.05) is 65.8 Å². The number of allylic oxidation sites excluding steroid dienone is 1. The van der Waals surface area contributed by atoms with Gasteiger partial charge in [-0.3, -0.25) is 15.5 Å². The first-order valence-corrected chi connectivity index (χ1v) is 18.2. The number of carbonyl (C=O) groups excluding carboxylic acids is 1. The summed E-state index contributed by atoms with van der Waals surface area (Å²) in [4.78, 5) is 18.7. The number of rotatable bonds is 11. The van der Waals surface area contributed by atoms with Crippen LogP contribution in [0.1, 0.15) is 74.1 Å². The van der Waals surface area contributed by atoms with E-state index < -0.39 is 21.3 Å². The highest BCUT2D eigenvalue weighted by molar-refractivity contribution is 7.95. The van der Waals surface area contributed by atoms with E-state index in [1.165, 1.54) is 18.9 Å². The van der Waals surface area contributed by atoms with Gasteiger partial charge < -0.3 is 15.0 Å². The molecule has 0 aromatic heterocycles. The van der Waals surface area contributed by atoms with E-state index in [2.05, 4.69) is 49.5 Å². The van der Waals surface area contributed by atoms with E-state index in [9.17, 15) is 13.2 Å². The summed E-state index contributed by atoms with van der Waals surface area (Å²) in [5.41, 5.74) is 1.41. The van der Waals surface area contributed by atoms with Crippen molar-refractivity contribution in [2.45, 2.75) is 85.2 Å². The molecule has 2 fully saturated rings. The minimum absolute atomic E-state index is 0.149. The van der Waals surface area contributed by atoms with Crippen LogP contribution in [0, 0.1) is 23.7 Å². The van der Waals surface area contributed by atoms with Crippen molar-refractivity contribution in [3.63, 3.8) is 0 Å². The Morgan fingerprint density at radius 3 is 2.55 bits per heavy atom. The van der Waals surface area contributed by atoms with Crippen LogP contribution in [-0.2, 0) is 19.4 Å². The van der Waals surface area contributed by atoms with Gasteiger partial charge in [-0.05, 0) is 108 Å². The largest absolute Gasteiger partial charge is 0.383 e. The molecular weight excluding hydrogens is 574 g/mol. The number of hydrogen-bond donors (Lipinski definition) is 2. The van der Waals surface area contributed by atoms with E-state index in [0.29, 0.717) is 49.4 Å². The molecule has 3 N–H and O–H groups in total. The summed E-state index contributed by atoms with van der Waals surface area (Å²) in [5.74, 6) is 7.35. The molecule has 0 spiro atoms. The van der Waals surface area contributed by atoms with Gasteiger partial charge in [0.05, 0.1) is 28.7 Å². The summed E-state index contributed by atoms with van der Waals surface area (Å²) in [6.07, 6.45) is 5.51. The van der Waals surface area contributed by atoms with Crippen molar-refractivity contribution in [2.24, 2.45) is 29.5 Å². The Hall–Kier alpha value is -1.56. The third-order valence-corrected chi connectivity index (χ3v) is 13.3. The van der Waals surface area contributed by atoms with Gasteiger partial charge in [0.1, 0.15) is 0 Å². The zero-order valence-corrected chi connectivity index (χ0v) is 29.9. The van der Waals surface area contributed by atoms with Crippen LogP contribution in [0.5, 0.6) is 0 Å². The van der Waals surface area contributed by atoms with E-state index in [-0.39, 0.29) is 22.1 Å². The lowest BCUT2D eigenvalue weighted by molar-refractivity contribution is -0.123. The Morgan fingerprint density at radius 2 is 1.93 bits per heavy atom. The van der Waals surface area contributed by atoms with Crippen LogP contribution < -0.4 is 11.2 Å². The second kappa shape index (κ2) is 14.9. The molecule has 9 nitrogen and oxygen atoms in total. The van der Waals surface area contributed by atoms with E-state index in [4.69, 9.17) is 10.6 Å². The molecule has 6 atom stereocenters. The predicted molar refractivity (Wildman–Crippen MR) is 180 cm³/mol. The van der Waals surface area contributed by atoms with Crippen molar-refractivity contribution in [1.29, 1.82) is 0 Å². The average Bonchev–Trinajstić information content (AvgIpc) is 3.19. The molecule has 0 bridgehead atoms. The second-order valence-corrected chi connectivity index (χ2v) is 16.2. The fraction of sp³-hybridized carbons (Fsp3) is 0.794. The number of amides is 1. The van der Waals surface area contributed by atoms with Crippen molar-refractivity contribution in [3.05, 3.63) is 34.3 Å². The summed E-state index contributed by atoms with van der Waals surface area (Å²) < 4.78 is 32.8. The standard InChI is InChI=1S/C34H61N5O4S/c1-11-30-31(12-2)44(41,42)23-29(26(5)32(40)36-16-19-43-10)27(6)34(30,8)39(35)22-28-21-38(20-24(3)25(28)4)33(7)14-13-17-37(9)18-15-33/h12,24-26,28H,2,11,13-23,35H2,1,3-10H3,(H,36,40)/t24-,25-,26-,28-,33?,34-/m0/s1. The Balaban J connectivity index is 2.04. The topological polar surface area (TPSA) is 108 Å². The van der Waals surface area contributed by atoms with Crippen LogP contribution in [0.3, 0.4) is 0 Å². The Kier molecular flexibility index (Phi) is 12.5. The minimum atomic E-state index is -3.75. The molecule has 1 amide bonds. The molecule has 0 saturated carbocycles. The summed E-state index contributed by atoms with van der Waals surface area (Å²) in [7, 11) is 0.0552. The first-order chi connectivity index (χ1) is 20.6. The summed E-state index contributed by atoms with van der Waals surface area (Å²) in [5, 5.41) is 4.79. The quantitative estimate of drug-likeness (QED) is 0.152. The third-order valence-electron chi connectivity index (χ3n) is 11.5. The van der Waals surface area contributed by atoms with Crippen LogP contribution in [0.25, 0.3) is 0 Å². The lowest BCUT2D eigenvalue weighted by Gasteiger charge is -2.52. The van der Waals surface area contributed by atoms with Gasteiger partial charge in [0.25, 0.3) is 0 Å². The van der Waals surface area contributed by atoms with E-state index in [0.717, 1.165) is 43.7 Å². The fourth-order valence-corrected chi connectivity index (χ4v) is 9.87. The lowest BCUT2D eigenvalue weighted by Crippen LogP contribution is -2.60. The van der Waals surface area contributed by atoms with Gasteiger partial charge in [-0.15, -0.1) is 0 Å². The predicted octanol–water partition coefficient (Wildman–Crippen LogP) is 3.99. The van der Waals surface area contributed by atoms with E-state index in [1.54, 1.807) is 14.0 Å². The van der Waals surface area contributed by atoms with Gasteiger partial charge in [0, 0.05) is 38.8 Å². The summed E-state index contributed by atoms with van der Waals surface area (Å²) in [6, 6.07) is 0. The number of methoxy groups -OCH3 is 1. The molecule has 2 saturated heterocycles. The molecule has 1 unspecified atom stereocenters. The Morgan fingerprint density at radius 1 is 1.25 bits per heavy atom. The van der Waals surface area contributed by atoms with Crippen molar-refractivity contribution < 1.29 is 17.9 Å². The number of piperidine rings is 1. The van der Waals surface area contributed by atoms with Crippen molar-refractivity contribution >= 4 is 15.7 Å². The number of nitrogens with zero attached hydrogens (tertiary/aromatic N) is 3. The van der Waals surface area contributed by atoms with Crippen LogP contribution in [0.2, 0.25) is 0 Å². The zero-order chi connectivity index (χ0) is 33.0. The van der Waals surface area contributed by atoms with E-state index in [1.807, 2.05) is 25.8 Å². The maximum absolute atomic E-state index is 13.9. The van der Waals surface area contributed by atoms with Gasteiger partial charge in [0.15, 0.2) is 9.84 Å². The molecule has 0 aliphatic carbocycles. The number of nitrogens with one attached hydrogen (secondary N) is 1. The number of sulfone groups is 1. The molecule has 44 heavy (non-hydrogen) atoms. The summed E-state index contributed by atoms with van der Waals surface area (Å²) >= 11 is 0. The smallest absolute Gasteiger partial charge is 0.227 e. The molecule has 0 aromatic rings. The van der Waals surface area contributed by atoms with Crippen LogP contribution in [0.15, 0.2) is 34.3 Å². The molecular formula is C34H61N5O4S. The maximum atomic E-state index is 13.9. The van der Waals surface area contributed by atoms with Crippen molar-refractivity contribution in [1.82, 2.24) is 20.1 Å². The molecule has 3 aliphatic heterocycles. The molecule has 3 rings (SSSR count). The first kappa shape index (κ1) is 36.9. The molecule has 252 valence electrons. The Labute approximate surface area is 268 Å². The van der Waals surface area contributed by atoms with Crippen LogP contribution in [-0.4, -0.2) is 106 Å². The minimum Gasteiger partial charge on any atom is -0.383 e. The monoisotopic (exact) mass is 635 g/mol. The average molecular weight is 636 g/mol. The third kappa shape index (κ3) is 7.52. The zero-order valence-electron chi connectivity index (χ0n) is 29.0. The Bertz CT molecular complexity index is 1220. The van der Waals surface area contributed by atoms with Crippen LogP contribution >= 0.6 is 0 Å². The highest BCUT2D eigenvalue weighted by Gasteiger charge is 2.47.